The topological polar surface area (TPSA) is 87.5 Å². The Hall–Kier alpha value is -2.08. The van der Waals surface area contributed by atoms with Gasteiger partial charge < -0.3 is 16.4 Å². The molecule has 0 spiro atoms. The van der Waals surface area contributed by atoms with Gasteiger partial charge in [-0.15, -0.1) is 0 Å². The Morgan fingerprint density at radius 3 is 3.00 bits per heavy atom. The molecule has 102 valence electrons. The van der Waals surface area contributed by atoms with Crippen LogP contribution < -0.4 is 16.4 Å². The lowest BCUT2D eigenvalue weighted by molar-refractivity contribution is -0.125. The number of nitrogens with zero attached hydrogens (tertiary/aromatic N) is 1. The molecular formula is C13H18N4O2. The fourth-order valence-corrected chi connectivity index (χ4v) is 2.05. The summed E-state index contributed by atoms with van der Waals surface area (Å²) in [6.07, 6.45) is 0. The third-order valence-corrected chi connectivity index (χ3v) is 3.01. The second-order valence-electron chi connectivity index (χ2n) is 4.68. The molecule has 19 heavy (non-hydrogen) atoms. The van der Waals surface area contributed by atoms with E-state index in [1.807, 2.05) is 17.9 Å². The van der Waals surface area contributed by atoms with Crippen LogP contribution in [0.3, 0.4) is 0 Å². The summed E-state index contributed by atoms with van der Waals surface area (Å²) in [4.78, 5) is 24.9. The molecule has 0 saturated carbocycles. The number of carbonyl (C=O) groups excluding carboxylic acids is 2. The Labute approximate surface area is 112 Å². The van der Waals surface area contributed by atoms with Gasteiger partial charge >= 0.3 is 0 Å². The highest BCUT2D eigenvalue weighted by Crippen LogP contribution is 2.17. The predicted octanol–water partition coefficient (Wildman–Crippen LogP) is -0.0525. The van der Waals surface area contributed by atoms with Gasteiger partial charge in [-0.3, -0.25) is 14.5 Å². The van der Waals surface area contributed by atoms with E-state index in [1.165, 1.54) is 0 Å². The number of amides is 2. The molecule has 0 unspecified atom stereocenters. The standard InChI is InChI=1S/C13H18N4O2/c1-9-6-10(14)2-3-11(9)16-13(19)8-17-5-4-15-12(18)7-17/h2-3,6H,4-5,7-8,14H2,1H3,(H,15,18)(H,16,19). The number of hydrogen-bond donors (Lipinski definition) is 3. The van der Waals surface area contributed by atoms with Crippen LogP contribution in [0.5, 0.6) is 0 Å². The van der Waals surface area contributed by atoms with Gasteiger partial charge in [0.05, 0.1) is 13.1 Å². The van der Waals surface area contributed by atoms with Crippen LogP contribution >= 0.6 is 0 Å². The highest BCUT2D eigenvalue weighted by molar-refractivity contribution is 5.93. The number of hydrogen-bond acceptors (Lipinski definition) is 4. The normalized spacial score (nSPS) is 15.9. The van der Waals surface area contributed by atoms with E-state index in [0.717, 1.165) is 11.3 Å². The number of nitrogens with one attached hydrogen (secondary N) is 2. The lowest BCUT2D eigenvalue weighted by atomic mass is 10.2. The molecule has 6 nitrogen and oxygen atoms in total. The Bertz CT molecular complexity index is 501. The van der Waals surface area contributed by atoms with Crippen LogP contribution in [0.2, 0.25) is 0 Å². The molecule has 4 N–H and O–H groups in total. The highest BCUT2D eigenvalue weighted by Gasteiger charge is 2.18. The summed E-state index contributed by atoms with van der Waals surface area (Å²) in [6.45, 7) is 3.67. The van der Waals surface area contributed by atoms with Crippen LogP contribution in [0.25, 0.3) is 0 Å². The molecule has 1 aromatic carbocycles. The summed E-state index contributed by atoms with van der Waals surface area (Å²) < 4.78 is 0. The largest absolute Gasteiger partial charge is 0.399 e. The molecule has 1 saturated heterocycles. The van der Waals surface area contributed by atoms with Crippen molar-refractivity contribution in [1.29, 1.82) is 0 Å². The number of benzene rings is 1. The number of carbonyl (C=O) groups is 2. The maximum atomic E-state index is 11.9. The number of nitrogen functional groups attached to an aromatic ring is 1. The third kappa shape index (κ3) is 3.69. The SMILES string of the molecule is Cc1cc(N)ccc1NC(=O)CN1CCNC(=O)C1. The van der Waals surface area contributed by atoms with Crippen molar-refractivity contribution in [2.45, 2.75) is 6.92 Å². The van der Waals surface area contributed by atoms with Gasteiger partial charge in [0.15, 0.2) is 0 Å². The first-order valence-corrected chi connectivity index (χ1v) is 6.19. The van der Waals surface area contributed by atoms with Crippen molar-refractivity contribution >= 4 is 23.2 Å². The van der Waals surface area contributed by atoms with E-state index < -0.39 is 0 Å². The monoisotopic (exact) mass is 262 g/mol. The number of nitrogens with two attached hydrogens (primary N) is 1. The van der Waals surface area contributed by atoms with Crippen molar-refractivity contribution in [3.8, 4) is 0 Å². The van der Waals surface area contributed by atoms with Crippen molar-refractivity contribution in [2.24, 2.45) is 0 Å². The minimum atomic E-state index is -0.123. The maximum absolute atomic E-state index is 11.9. The first-order chi connectivity index (χ1) is 9.04. The quantitative estimate of drug-likeness (QED) is 0.666. The summed E-state index contributed by atoms with van der Waals surface area (Å²) in [5, 5.41) is 5.56. The number of aryl methyl sites for hydroxylation is 1. The molecule has 6 heteroatoms. The molecule has 1 fully saturated rings. The average Bonchev–Trinajstić information content (AvgIpc) is 2.33. The van der Waals surface area contributed by atoms with Gasteiger partial charge in [0, 0.05) is 24.5 Å². The molecule has 0 bridgehead atoms. The van der Waals surface area contributed by atoms with Gasteiger partial charge in [0.25, 0.3) is 0 Å². The minimum Gasteiger partial charge on any atom is -0.399 e. The molecule has 1 aromatic rings. The molecule has 0 aromatic heterocycles. The van der Waals surface area contributed by atoms with Crippen LogP contribution in [0.4, 0.5) is 11.4 Å². The molecule has 1 heterocycles. The average molecular weight is 262 g/mol. The molecular weight excluding hydrogens is 244 g/mol. The van der Waals surface area contributed by atoms with Crippen molar-refractivity contribution < 1.29 is 9.59 Å². The van der Waals surface area contributed by atoms with Gasteiger partial charge in [0.2, 0.25) is 11.8 Å². The number of anilines is 2. The second-order valence-corrected chi connectivity index (χ2v) is 4.68. The first-order valence-electron chi connectivity index (χ1n) is 6.19. The van der Waals surface area contributed by atoms with E-state index in [1.54, 1.807) is 12.1 Å². The van der Waals surface area contributed by atoms with Crippen molar-refractivity contribution in [2.75, 3.05) is 37.2 Å². The summed E-state index contributed by atoms with van der Waals surface area (Å²) in [6, 6.07) is 5.34. The predicted molar refractivity (Wildman–Crippen MR) is 73.7 cm³/mol. The lowest BCUT2D eigenvalue weighted by Gasteiger charge is -2.25. The molecule has 1 aliphatic heterocycles. The van der Waals surface area contributed by atoms with Crippen molar-refractivity contribution in [1.82, 2.24) is 10.2 Å². The zero-order valence-corrected chi connectivity index (χ0v) is 10.9. The third-order valence-electron chi connectivity index (χ3n) is 3.01. The number of piperazine rings is 1. The lowest BCUT2D eigenvalue weighted by Crippen LogP contribution is -2.49. The van der Waals surface area contributed by atoms with E-state index in [9.17, 15) is 9.59 Å². The molecule has 2 rings (SSSR count). The molecule has 1 aliphatic rings. The van der Waals surface area contributed by atoms with E-state index in [-0.39, 0.29) is 24.9 Å². The molecule has 2 amide bonds. The van der Waals surface area contributed by atoms with Crippen LogP contribution in [-0.2, 0) is 9.59 Å². The number of rotatable bonds is 3. The van der Waals surface area contributed by atoms with E-state index in [2.05, 4.69) is 10.6 Å². The van der Waals surface area contributed by atoms with Gasteiger partial charge in [-0.2, -0.15) is 0 Å². The smallest absolute Gasteiger partial charge is 0.238 e. The van der Waals surface area contributed by atoms with E-state index in [0.29, 0.717) is 18.8 Å². The molecule has 0 aliphatic carbocycles. The van der Waals surface area contributed by atoms with Crippen molar-refractivity contribution in [3.05, 3.63) is 23.8 Å². The highest BCUT2D eigenvalue weighted by atomic mass is 16.2. The molecule has 0 radical (unpaired) electrons. The zero-order valence-electron chi connectivity index (χ0n) is 10.9. The van der Waals surface area contributed by atoms with Gasteiger partial charge in [-0.1, -0.05) is 0 Å². The summed E-state index contributed by atoms with van der Waals surface area (Å²) in [7, 11) is 0. The Balaban J connectivity index is 1.92. The summed E-state index contributed by atoms with van der Waals surface area (Å²) >= 11 is 0. The second kappa shape index (κ2) is 5.71. The minimum absolute atomic E-state index is 0.0392. The van der Waals surface area contributed by atoms with E-state index in [4.69, 9.17) is 5.73 Å². The van der Waals surface area contributed by atoms with E-state index >= 15 is 0 Å². The Kier molecular flexibility index (Phi) is 4.01. The Morgan fingerprint density at radius 2 is 2.32 bits per heavy atom. The van der Waals surface area contributed by atoms with Crippen LogP contribution in [0, 0.1) is 6.92 Å². The maximum Gasteiger partial charge on any atom is 0.238 e. The van der Waals surface area contributed by atoms with Crippen LogP contribution in [-0.4, -0.2) is 42.9 Å². The van der Waals surface area contributed by atoms with Crippen LogP contribution in [0.15, 0.2) is 18.2 Å². The van der Waals surface area contributed by atoms with Gasteiger partial charge in [-0.05, 0) is 30.7 Å². The van der Waals surface area contributed by atoms with Crippen LogP contribution in [0.1, 0.15) is 5.56 Å². The Morgan fingerprint density at radius 1 is 1.53 bits per heavy atom. The zero-order chi connectivity index (χ0) is 13.8. The first kappa shape index (κ1) is 13.4. The molecule has 0 atom stereocenters. The van der Waals surface area contributed by atoms with Gasteiger partial charge in [0.1, 0.15) is 0 Å². The van der Waals surface area contributed by atoms with Crippen molar-refractivity contribution in [3.63, 3.8) is 0 Å². The van der Waals surface area contributed by atoms with Gasteiger partial charge in [-0.25, -0.2) is 0 Å². The summed E-state index contributed by atoms with van der Waals surface area (Å²) in [5.74, 6) is -0.162. The fourth-order valence-electron chi connectivity index (χ4n) is 2.05. The fraction of sp³-hybridized carbons (Fsp3) is 0.385. The summed E-state index contributed by atoms with van der Waals surface area (Å²) in [5.41, 5.74) is 8.00.